The van der Waals surface area contributed by atoms with Crippen molar-refractivity contribution in [3.63, 3.8) is 0 Å². The zero-order chi connectivity index (χ0) is 14.7. The predicted molar refractivity (Wildman–Crippen MR) is 71.5 cm³/mol. The SMILES string of the molecule is CCC(O)(CC)CNS(=O)(=O)c1ccc(N)cc1F. The summed E-state index contributed by atoms with van der Waals surface area (Å²) >= 11 is 0. The maximum atomic E-state index is 13.6. The number of nitrogens with two attached hydrogens (primary N) is 1. The number of anilines is 1. The third kappa shape index (κ3) is 3.89. The molecule has 19 heavy (non-hydrogen) atoms. The van der Waals surface area contributed by atoms with Gasteiger partial charge in [0.1, 0.15) is 10.7 Å². The predicted octanol–water partition coefficient (Wildman–Crippen LogP) is 1.24. The number of aliphatic hydroxyl groups is 1. The van der Waals surface area contributed by atoms with Gasteiger partial charge in [0.05, 0.1) is 5.60 Å². The van der Waals surface area contributed by atoms with Crippen molar-refractivity contribution < 1.29 is 17.9 Å². The summed E-state index contributed by atoms with van der Waals surface area (Å²) in [6.07, 6.45) is 0.798. The van der Waals surface area contributed by atoms with Crippen LogP contribution in [0.1, 0.15) is 26.7 Å². The maximum absolute atomic E-state index is 13.6. The molecule has 7 heteroatoms. The molecule has 0 aliphatic carbocycles. The van der Waals surface area contributed by atoms with Crippen molar-refractivity contribution in [1.82, 2.24) is 4.72 Å². The lowest BCUT2D eigenvalue weighted by Gasteiger charge is -2.25. The van der Waals surface area contributed by atoms with Crippen LogP contribution in [0, 0.1) is 5.82 Å². The van der Waals surface area contributed by atoms with Gasteiger partial charge in [-0.1, -0.05) is 13.8 Å². The van der Waals surface area contributed by atoms with Crippen LogP contribution in [-0.2, 0) is 10.0 Å². The average Bonchev–Trinajstić information content (AvgIpc) is 2.35. The third-order valence-electron chi connectivity index (χ3n) is 3.15. The van der Waals surface area contributed by atoms with E-state index in [4.69, 9.17) is 5.73 Å². The van der Waals surface area contributed by atoms with Crippen LogP contribution < -0.4 is 10.5 Å². The van der Waals surface area contributed by atoms with E-state index in [1.54, 1.807) is 13.8 Å². The van der Waals surface area contributed by atoms with E-state index >= 15 is 0 Å². The molecule has 5 nitrogen and oxygen atoms in total. The van der Waals surface area contributed by atoms with Crippen molar-refractivity contribution in [3.05, 3.63) is 24.0 Å². The Kier molecular flexibility index (Phi) is 4.89. The van der Waals surface area contributed by atoms with Crippen LogP contribution in [0.2, 0.25) is 0 Å². The molecule has 0 heterocycles. The first-order valence-corrected chi connectivity index (χ1v) is 7.49. The minimum absolute atomic E-state index is 0.148. The highest BCUT2D eigenvalue weighted by Crippen LogP contribution is 2.19. The van der Waals surface area contributed by atoms with E-state index in [0.717, 1.165) is 12.1 Å². The van der Waals surface area contributed by atoms with Gasteiger partial charge >= 0.3 is 0 Å². The summed E-state index contributed by atoms with van der Waals surface area (Å²) < 4.78 is 39.7. The minimum Gasteiger partial charge on any atom is -0.399 e. The molecule has 0 aliphatic heterocycles. The summed E-state index contributed by atoms with van der Waals surface area (Å²) in [5.74, 6) is -0.913. The molecule has 0 fully saturated rings. The Morgan fingerprint density at radius 2 is 1.95 bits per heavy atom. The van der Waals surface area contributed by atoms with Crippen molar-refractivity contribution in [3.8, 4) is 0 Å². The monoisotopic (exact) mass is 290 g/mol. The van der Waals surface area contributed by atoms with Crippen LogP contribution in [0.3, 0.4) is 0 Å². The van der Waals surface area contributed by atoms with Gasteiger partial charge in [-0.15, -0.1) is 0 Å². The second-order valence-electron chi connectivity index (χ2n) is 4.45. The lowest BCUT2D eigenvalue weighted by molar-refractivity contribution is 0.0377. The lowest BCUT2D eigenvalue weighted by atomic mass is 9.98. The second kappa shape index (κ2) is 5.85. The van der Waals surface area contributed by atoms with E-state index in [1.807, 2.05) is 0 Å². The van der Waals surface area contributed by atoms with Gasteiger partial charge in [0.25, 0.3) is 0 Å². The Labute approximate surface area is 112 Å². The molecule has 0 unspecified atom stereocenters. The van der Waals surface area contributed by atoms with Crippen LogP contribution in [0.4, 0.5) is 10.1 Å². The molecule has 0 amide bonds. The first-order valence-electron chi connectivity index (χ1n) is 6.01. The van der Waals surface area contributed by atoms with Crippen molar-refractivity contribution in [1.29, 1.82) is 0 Å². The first-order chi connectivity index (χ1) is 8.74. The van der Waals surface area contributed by atoms with E-state index in [-0.39, 0.29) is 12.2 Å². The number of hydrogen-bond acceptors (Lipinski definition) is 4. The largest absolute Gasteiger partial charge is 0.399 e. The minimum atomic E-state index is -4.00. The molecular formula is C12H19FN2O3S. The van der Waals surface area contributed by atoms with Crippen LogP contribution >= 0.6 is 0 Å². The molecule has 0 bridgehead atoms. The fourth-order valence-corrected chi connectivity index (χ4v) is 2.72. The zero-order valence-corrected chi connectivity index (χ0v) is 11.8. The Balaban J connectivity index is 2.93. The van der Waals surface area contributed by atoms with Crippen LogP contribution in [-0.4, -0.2) is 25.7 Å². The number of nitrogen functional groups attached to an aromatic ring is 1. The smallest absolute Gasteiger partial charge is 0.243 e. The highest BCUT2D eigenvalue weighted by molar-refractivity contribution is 7.89. The standard InChI is InChI=1S/C12H19FN2O3S/c1-3-12(16,4-2)8-15-19(17,18)11-6-5-9(14)7-10(11)13/h5-7,15-16H,3-4,8,14H2,1-2H3. The molecule has 0 aromatic heterocycles. The first kappa shape index (κ1) is 15.9. The van der Waals surface area contributed by atoms with Crippen molar-refractivity contribution in [2.75, 3.05) is 12.3 Å². The molecule has 0 saturated heterocycles. The van der Waals surface area contributed by atoms with Crippen molar-refractivity contribution >= 4 is 15.7 Å². The van der Waals surface area contributed by atoms with E-state index in [0.29, 0.717) is 12.8 Å². The summed E-state index contributed by atoms with van der Waals surface area (Å²) in [6.45, 7) is 3.34. The van der Waals surface area contributed by atoms with Crippen LogP contribution in [0.25, 0.3) is 0 Å². The van der Waals surface area contributed by atoms with E-state index < -0.39 is 26.3 Å². The maximum Gasteiger partial charge on any atom is 0.243 e. The summed E-state index contributed by atoms with van der Waals surface area (Å²) in [4.78, 5) is -0.476. The molecule has 0 saturated carbocycles. The highest BCUT2D eigenvalue weighted by Gasteiger charge is 2.26. The van der Waals surface area contributed by atoms with Gasteiger partial charge in [-0.25, -0.2) is 17.5 Å². The van der Waals surface area contributed by atoms with Gasteiger partial charge in [0, 0.05) is 12.2 Å². The molecule has 0 aliphatic rings. The Morgan fingerprint density at radius 1 is 1.37 bits per heavy atom. The summed E-state index contributed by atoms with van der Waals surface area (Å²) in [7, 11) is -4.00. The van der Waals surface area contributed by atoms with E-state index in [1.165, 1.54) is 6.07 Å². The molecule has 0 spiro atoms. The molecule has 108 valence electrons. The molecule has 0 atom stereocenters. The fraction of sp³-hybridized carbons (Fsp3) is 0.500. The van der Waals surface area contributed by atoms with Crippen molar-refractivity contribution in [2.45, 2.75) is 37.2 Å². The molecule has 0 radical (unpaired) electrons. The third-order valence-corrected chi connectivity index (χ3v) is 4.59. The Bertz CT molecular complexity index is 542. The normalized spacial score (nSPS) is 12.6. The average molecular weight is 290 g/mol. The number of sulfonamides is 1. The zero-order valence-electron chi connectivity index (χ0n) is 11.0. The topological polar surface area (TPSA) is 92.4 Å². The quantitative estimate of drug-likeness (QED) is 0.687. The number of nitrogens with one attached hydrogen (secondary N) is 1. The highest BCUT2D eigenvalue weighted by atomic mass is 32.2. The summed E-state index contributed by atoms with van der Waals surface area (Å²) in [5.41, 5.74) is 4.38. The van der Waals surface area contributed by atoms with E-state index in [2.05, 4.69) is 4.72 Å². The number of benzene rings is 1. The molecule has 1 aromatic rings. The fourth-order valence-electron chi connectivity index (χ4n) is 1.54. The van der Waals surface area contributed by atoms with Gasteiger partial charge < -0.3 is 10.8 Å². The molecular weight excluding hydrogens is 271 g/mol. The number of rotatable bonds is 6. The van der Waals surface area contributed by atoms with Crippen molar-refractivity contribution in [2.24, 2.45) is 0 Å². The van der Waals surface area contributed by atoms with E-state index in [9.17, 15) is 17.9 Å². The second-order valence-corrected chi connectivity index (χ2v) is 6.18. The molecule has 1 aromatic carbocycles. The van der Waals surface area contributed by atoms with Gasteiger partial charge in [0.15, 0.2) is 0 Å². The Morgan fingerprint density at radius 3 is 2.42 bits per heavy atom. The van der Waals surface area contributed by atoms with Crippen LogP contribution in [0.5, 0.6) is 0 Å². The number of halogens is 1. The van der Waals surface area contributed by atoms with Gasteiger partial charge in [-0.3, -0.25) is 0 Å². The summed E-state index contributed by atoms with van der Waals surface area (Å²) in [6, 6.07) is 3.35. The lowest BCUT2D eigenvalue weighted by Crippen LogP contribution is -2.42. The van der Waals surface area contributed by atoms with Gasteiger partial charge in [0.2, 0.25) is 10.0 Å². The van der Waals surface area contributed by atoms with Gasteiger partial charge in [-0.05, 0) is 31.0 Å². The summed E-state index contributed by atoms with van der Waals surface area (Å²) in [5, 5.41) is 10.0. The molecule has 1 rings (SSSR count). The van der Waals surface area contributed by atoms with Gasteiger partial charge in [-0.2, -0.15) is 0 Å². The molecule has 4 N–H and O–H groups in total. The number of hydrogen-bond donors (Lipinski definition) is 3. The van der Waals surface area contributed by atoms with Crippen LogP contribution in [0.15, 0.2) is 23.1 Å². The Hall–Kier alpha value is -1.18.